The van der Waals surface area contributed by atoms with Gasteiger partial charge in [0, 0.05) is 42.5 Å². The van der Waals surface area contributed by atoms with E-state index < -0.39 is 12.2 Å². The van der Waals surface area contributed by atoms with Gasteiger partial charge < -0.3 is 25.0 Å². The van der Waals surface area contributed by atoms with E-state index >= 15 is 0 Å². The normalized spacial score (nSPS) is 20.9. The van der Waals surface area contributed by atoms with Crippen molar-refractivity contribution in [3.8, 4) is 0 Å². The maximum absolute atomic E-state index is 12.6. The second kappa shape index (κ2) is 8.69. The molecule has 0 spiro atoms. The minimum absolute atomic E-state index is 0.185. The Morgan fingerprint density at radius 3 is 2.50 bits per heavy atom. The third-order valence-electron chi connectivity index (χ3n) is 5.60. The Morgan fingerprint density at radius 2 is 1.73 bits per heavy atom. The lowest BCUT2D eigenvalue weighted by atomic mass is 10.0. The molecule has 0 aliphatic carbocycles. The first kappa shape index (κ1) is 20.1. The average Bonchev–Trinajstić information content (AvgIpc) is 3.30. The summed E-state index contributed by atoms with van der Waals surface area (Å²) in [6.45, 7) is 0.831. The highest BCUT2D eigenvalue weighted by Gasteiger charge is 2.36. The van der Waals surface area contributed by atoms with Crippen molar-refractivity contribution in [3.63, 3.8) is 0 Å². The minimum atomic E-state index is -0.770. The number of ether oxygens (including phenoxy) is 1. The predicted octanol–water partition coefficient (Wildman–Crippen LogP) is 1.71. The van der Waals surface area contributed by atoms with E-state index in [9.17, 15) is 14.7 Å². The molecule has 1 saturated heterocycles. The van der Waals surface area contributed by atoms with Gasteiger partial charge in [-0.3, -0.25) is 9.59 Å². The number of aliphatic hydroxyl groups is 1. The number of nitrogens with zero attached hydrogens (tertiary/aromatic N) is 1. The summed E-state index contributed by atoms with van der Waals surface area (Å²) in [4.78, 5) is 24.8. The molecule has 3 N–H and O–H groups in total. The summed E-state index contributed by atoms with van der Waals surface area (Å²) in [7, 11) is 1.85. The Labute approximate surface area is 174 Å². The summed E-state index contributed by atoms with van der Waals surface area (Å²) in [6.07, 6.45) is -1.28. The first-order valence-electron chi connectivity index (χ1n) is 10.00. The van der Waals surface area contributed by atoms with Gasteiger partial charge in [-0.1, -0.05) is 36.4 Å². The van der Waals surface area contributed by atoms with Gasteiger partial charge in [-0.15, -0.1) is 0 Å². The Balaban J connectivity index is 1.30. The number of amides is 2. The van der Waals surface area contributed by atoms with Crippen LogP contribution in [0.5, 0.6) is 0 Å². The van der Waals surface area contributed by atoms with E-state index in [0.29, 0.717) is 24.4 Å². The van der Waals surface area contributed by atoms with Crippen LogP contribution in [0.3, 0.4) is 0 Å². The van der Waals surface area contributed by atoms with E-state index in [1.165, 1.54) is 0 Å². The van der Waals surface area contributed by atoms with E-state index in [4.69, 9.17) is 4.74 Å². The van der Waals surface area contributed by atoms with Crippen LogP contribution in [0.2, 0.25) is 0 Å². The third-order valence-corrected chi connectivity index (χ3v) is 5.60. The fourth-order valence-electron chi connectivity index (χ4n) is 3.81. The Morgan fingerprint density at radius 1 is 1.03 bits per heavy atom. The lowest BCUT2D eigenvalue weighted by molar-refractivity contribution is 0.0383. The van der Waals surface area contributed by atoms with Gasteiger partial charge in [-0.25, -0.2) is 0 Å². The largest absolute Gasteiger partial charge is 0.390 e. The molecule has 0 saturated carbocycles. The van der Waals surface area contributed by atoms with Crippen LogP contribution in [0.25, 0.3) is 10.9 Å². The molecule has 3 atom stereocenters. The van der Waals surface area contributed by atoms with Crippen LogP contribution in [0.1, 0.15) is 20.8 Å². The van der Waals surface area contributed by atoms with Crippen molar-refractivity contribution in [2.75, 3.05) is 19.7 Å². The number of fused-ring (bicyclic) bond motifs is 1. The first-order chi connectivity index (χ1) is 14.5. The van der Waals surface area contributed by atoms with Crippen molar-refractivity contribution >= 4 is 22.7 Å². The molecule has 1 aromatic heterocycles. The van der Waals surface area contributed by atoms with E-state index in [1.54, 1.807) is 24.3 Å². The molecule has 0 bridgehead atoms. The molecule has 156 valence electrons. The van der Waals surface area contributed by atoms with Crippen molar-refractivity contribution in [3.05, 3.63) is 71.9 Å². The molecule has 3 aromatic rings. The van der Waals surface area contributed by atoms with Crippen LogP contribution < -0.4 is 10.6 Å². The zero-order valence-electron chi connectivity index (χ0n) is 16.7. The first-order valence-corrected chi connectivity index (χ1v) is 10.00. The van der Waals surface area contributed by atoms with Crippen LogP contribution in [-0.2, 0) is 11.8 Å². The van der Waals surface area contributed by atoms with E-state index in [-0.39, 0.29) is 24.3 Å². The average molecular weight is 407 g/mol. The SMILES string of the molecule is Cn1c(C(=O)NC[C@H]2OC[C@@H](CNC(=O)c3ccccc3)[C@@H]2O)cc2ccccc21. The number of hydrogen-bond donors (Lipinski definition) is 3. The molecule has 2 aromatic carbocycles. The van der Waals surface area contributed by atoms with Gasteiger partial charge in [0.15, 0.2) is 0 Å². The minimum Gasteiger partial charge on any atom is -0.390 e. The van der Waals surface area contributed by atoms with Gasteiger partial charge in [0.25, 0.3) is 11.8 Å². The molecule has 2 heterocycles. The van der Waals surface area contributed by atoms with Crippen LogP contribution >= 0.6 is 0 Å². The molecule has 4 rings (SSSR count). The third kappa shape index (κ3) is 4.08. The molecule has 1 fully saturated rings. The molecule has 0 unspecified atom stereocenters. The molecular formula is C23H25N3O4. The molecule has 7 heteroatoms. The van der Waals surface area contributed by atoms with Gasteiger partial charge in [0.2, 0.25) is 0 Å². The highest BCUT2D eigenvalue weighted by Crippen LogP contribution is 2.21. The predicted molar refractivity (Wildman–Crippen MR) is 113 cm³/mol. The van der Waals surface area contributed by atoms with Gasteiger partial charge in [-0.2, -0.15) is 0 Å². The zero-order chi connectivity index (χ0) is 21.1. The summed E-state index contributed by atoms with van der Waals surface area (Å²) in [6, 6.07) is 18.6. The van der Waals surface area contributed by atoms with Crippen LogP contribution in [-0.4, -0.2) is 53.4 Å². The molecule has 0 radical (unpaired) electrons. The summed E-state index contributed by atoms with van der Waals surface area (Å²) >= 11 is 0. The van der Waals surface area contributed by atoms with Crippen LogP contribution in [0.4, 0.5) is 0 Å². The Bertz CT molecular complexity index is 1050. The maximum Gasteiger partial charge on any atom is 0.268 e. The smallest absolute Gasteiger partial charge is 0.268 e. The van der Waals surface area contributed by atoms with E-state index in [2.05, 4.69) is 10.6 Å². The van der Waals surface area contributed by atoms with Crippen LogP contribution in [0, 0.1) is 5.92 Å². The van der Waals surface area contributed by atoms with Crippen molar-refractivity contribution in [1.82, 2.24) is 15.2 Å². The summed E-state index contributed by atoms with van der Waals surface area (Å²) < 4.78 is 7.51. The summed E-state index contributed by atoms with van der Waals surface area (Å²) in [5.41, 5.74) is 2.11. The summed E-state index contributed by atoms with van der Waals surface area (Å²) in [5, 5.41) is 17.2. The van der Waals surface area contributed by atoms with Gasteiger partial charge in [0.05, 0.1) is 12.7 Å². The number of rotatable bonds is 6. The van der Waals surface area contributed by atoms with Gasteiger partial charge in [0.1, 0.15) is 11.8 Å². The topological polar surface area (TPSA) is 92.6 Å². The Kier molecular flexibility index (Phi) is 5.83. The second-order valence-corrected chi connectivity index (χ2v) is 7.56. The lowest BCUT2D eigenvalue weighted by Gasteiger charge is -2.18. The number of aliphatic hydroxyl groups excluding tert-OH is 1. The van der Waals surface area contributed by atoms with Crippen molar-refractivity contribution in [2.45, 2.75) is 12.2 Å². The van der Waals surface area contributed by atoms with Crippen LogP contribution in [0.15, 0.2) is 60.7 Å². The van der Waals surface area contributed by atoms with Crippen molar-refractivity contribution in [1.29, 1.82) is 0 Å². The number of aryl methyl sites for hydroxylation is 1. The van der Waals surface area contributed by atoms with Crippen molar-refractivity contribution in [2.24, 2.45) is 13.0 Å². The number of nitrogens with one attached hydrogen (secondary N) is 2. The van der Waals surface area contributed by atoms with E-state index in [0.717, 1.165) is 10.9 Å². The second-order valence-electron chi connectivity index (χ2n) is 7.56. The fourth-order valence-corrected chi connectivity index (χ4v) is 3.81. The molecule has 7 nitrogen and oxygen atoms in total. The number of carbonyl (C=O) groups is 2. The zero-order valence-corrected chi connectivity index (χ0v) is 16.7. The highest BCUT2D eigenvalue weighted by molar-refractivity contribution is 5.98. The molecular weight excluding hydrogens is 382 g/mol. The number of benzene rings is 2. The quantitative estimate of drug-likeness (QED) is 0.580. The van der Waals surface area contributed by atoms with Crippen molar-refractivity contribution < 1.29 is 19.4 Å². The van der Waals surface area contributed by atoms with E-state index in [1.807, 2.05) is 48.0 Å². The number of hydrogen-bond acceptors (Lipinski definition) is 4. The number of carbonyl (C=O) groups excluding carboxylic acids is 2. The van der Waals surface area contributed by atoms with Gasteiger partial charge >= 0.3 is 0 Å². The van der Waals surface area contributed by atoms with Gasteiger partial charge in [-0.05, 0) is 24.3 Å². The lowest BCUT2D eigenvalue weighted by Crippen LogP contribution is -2.41. The standard InChI is InChI=1S/C23H25N3O4/c1-26-18-10-6-5-9-16(18)11-19(26)23(29)25-13-20-21(27)17(14-30-20)12-24-22(28)15-7-3-2-4-8-15/h2-11,17,20-21,27H,12-14H2,1H3,(H,24,28)(H,25,29)/t17-,20-,21+/m1/s1. The number of aromatic nitrogens is 1. The molecule has 1 aliphatic rings. The maximum atomic E-state index is 12.6. The fraction of sp³-hybridized carbons (Fsp3) is 0.304. The Hall–Kier alpha value is -3.16. The molecule has 30 heavy (non-hydrogen) atoms. The monoisotopic (exact) mass is 407 g/mol. The number of para-hydroxylation sites is 1. The molecule has 2 amide bonds. The summed E-state index contributed by atoms with van der Waals surface area (Å²) in [5.74, 6) is -0.627. The molecule has 1 aliphatic heterocycles. The highest BCUT2D eigenvalue weighted by atomic mass is 16.5.